The van der Waals surface area contributed by atoms with Gasteiger partial charge in [-0.2, -0.15) is 0 Å². The summed E-state index contributed by atoms with van der Waals surface area (Å²) in [5, 5.41) is 9.53. The number of carbonyl (C=O) groups is 1. The van der Waals surface area contributed by atoms with Crippen molar-refractivity contribution >= 4 is 21.9 Å². The van der Waals surface area contributed by atoms with E-state index < -0.39 is 12.1 Å². The fraction of sp³-hybridized carbons (Fsp3) is 0.300. The van der Waals surface area contributed by atoms with E-state index in [9.17, 15) is 4.79 Å². The predicted molar refractivity (Wildman–Crippen MR) is 56.5 cm³/mol. The lowest BCUT2D eigenvalue weighted by atomic mass is 10.2. The topological polar surface area (TPSA) is 46.5 Å². The van der Waals surface area contributed by atoms with Crippen molar-refractivity contribution < 1.29 is 14.6 Å². The second-order valence-corrected chi connectivity index (χ2v) is 3.42. The van der Waals surface area contributed by atoms with E-state index in [2.05, 4.69) is 15.9 Å². The maximum Gasteiger partial charge on any atom is 0.338 e. The Labute approximate surface area is 90.8 Å². The van der Waals surface area contributed by atoms with Crippen LogP contribution in [0, 0.1) is 0 Å². The van der Waals surface area contributed by atoms with E-state index >= 15 is 0 Å². The van der Waals surface area contributed by atoms with Crippen LogP contribution in [-0.2, 0) is 4.74 Å². The molecule has 0 unspecified atom stereocenters. The number of benzene rings is 1. The van der Waals surface area contributed by atoms with E-state index in [1.54, 1.807) is 24.3 Å². The summed E-state index contributed by atoms with van der Waals surface area (Å²) < 4.78 is 4.86. The van der Waals surface area contributed by atoms with E-state index in [0.29, 0.717) is 10.9 Å². The quantitative estimate of drug-likeness (QED) is 0.660. The highest BCUT2D eigenvalue weighted by molar-refractivity contribution is 9.09. The minimum Gasteiger partial charge on any atom is -0.459 e. The molecular weight excluding hydrogens is 248 g/mol. The van der Waals surface area contributed by atoms with Crippen LogP contribution < -0.4 is 0 Å². The minimum absolute atomic E-state index is 0.0129. The number of hydrogen-bond acceptors (Lipinski definition) is 3. The highest BCUT2D eigenvalue weighted by Crippen LogP contribution is 2.02. The summed E-state index contributed by atoms with van der Waals surface area (Å²) >= 11 is 3.08. The van der Waals surface area contributed by atoms with E-state index in [4.69, 9.17) is 9.84 Å². The van der Waals surface area contributed by atoms with E-state index in [-0.39, 0.29) is 6.61 Å². The van der Waals surface area contributed by atoms with Crippen molar-refractivity contribution in [3.8, 4) is 0 Å². The minimum atomic E-state index is -0.650. The molecule has 0 aromatic heterocycles. The Bertz CT molecular complexity index is 287. The van der Waals surface area contributed by atoms with Crippen molar-refractivity contribution in [1.82, 2.24) is 0 Å². The van der Waals surface area contributed by atoms with E-state index in [0.717, 1.165) is 0 Å². The van der Waals surface area contributed by atoms with Gasteiger partial charge in [0.1, 0.15) is 6.61 Å². The van der Waals surface area contributed by atoms with Gasteiger partial charge in [-0.15, -0.1) is 0 Å². The standard InChI is InChI=1S/C10H11BrO3/c11-6-9(12)7-14-10(13)8-4-2-1-3-5-8/h1-5,9,12H,6-7H2/t9-/m0/s1. The Morgan fingerprint density at radius 2 is 2.07 bits per heavy atom. The first-order valence-electron chi connectivity index (χ1n) is 4.20. The summed E-state index contributed by atoms with van der Waals surface area (Å²) in [5.74, 6) is -0.411. The first kappa shape index (κ1) is 11.2. The number of aliphatic hydroxyl groups is 1. The highest BCUT2D eigenvalue weighted by atomic mass is 79.9. The molecule has 0 aliphatic carbocycles. The number of ether oxygens (including phenoxy) is 1. The zero-order valence-corrected chi connectivity index (χ0v) is 9.11. The summed E-state index contributed by atoms with van der Waals surface area (Å²) in [4.78, 5) is 11.3. The molecule has 0 heterocycles. The third-order valence-corrected chi connectivity index (χ3v) is 2.34. The van der Waals surface area contributed by atoms with Crippen LogP contribution in [0.15, 0.2) is 30.3 Å². The molecular formula is C10H11BrO3. The molecule has 4 heteroatoms. The van der Waals surface area contributed by atoms with Crippen LogP contribution in [0.1, 0.15) is 10.4 Å². The molecule has 0 radical (unpaired) electrons. The van der Waals surface area contributed by atoms with Crippen LogP contribution in [0.3, 0.4) is 0 Å². The van der Waals surface area contributed by atoms with Gasteiger partial charge in [0.05, 0.1) is 11.7 Å². The lowest BCUT2D eigenvalue weighted by molar-refractivity contribution is 0.0307. The molecule has 1 aromatic rings. The molecule has 0 bridgehead atoms. The largest absolute Gasteiger partial charge is 0.459 e. The lowest BCUT2D eigenvalue weighted by Crippen LogP contribution is -2.19. The summed E-state index contributed by atoms with van der Waals surface area (Å²) in [7, 11) is 0. The summed E-state index contributed by atoms with van der Waals surface area (Å²) in [6.07, 6.45) is -0.650. The molecule has 0 aliphatic rings. The second kappa shape index (κ2) is 5.78. The van der Waals surface area contributed by atoms with Crippen molar-refractivity contribution in [2.75, 3.05) is 11.9 Å². The van der Waals surface area contributed by atoms with Crippen LogP contribution in [0.5, 0.6) is 0 Å². The Balaban J connectivity index is 2.44. The molecule has 1 aromatic carbocycles. The Kier molecular flexibility index (Phi) is 4.62. The number of aliphatic hydroxyl groups excluding tert-OH is 1. The number of hydrogen-bond donors (Lipinski definition) is 1. The molecule has 0 saturated carbocycles. The molecule has 0 amide bonds. The molecule has 14 heavy (non-hydrogen) atoms. The van der Waals surface area contributed by atoms with Gasteiger partial charge >= 0.3 is 5.97 Å². The van der Waals surface area contributed by atoms with Gasteiger partial charge in [0, 0.05) is 5.33 Å². The van der Waals surface area contributed by atoms with Gasteiger partial charge in [0.15, 0.2) is 0 Å². The van der Waals surface area contributed by atoms with E-state index in [1.165, 1.54) is 0 Å². The third kappa shape index (κ3) is 3.47. The molecule has 1 rings (SSSR count). The van der Waals surface area contributed by atoms with Crippen molar-refractivity contribution in [3.05, 3.63) is 35.9 Å². The first-order valence-corrected chi connectivity index (χ1v) is 5.32. The SMILES string of the molecule is O=C(OC[C@@H](O)CBr)c1ccccc1. The lowest BCUT2D eigenvalue weighted by Gasteiger charge is -2.07. The van der Waals surface area contributed by atoms with Crippen molar-refractivity contribution in [2.24, 2.45) is 0 Å². The van der Waals surface area contributed by atoms with Gasteiger partial charge in [0.2, 0.25) is 0 Å². The van der Waals surface area contributed by atoms with Crippen molar-refractivity contribution in [2.45, 2.75) is 6.10 Å². The molecule has 3 nitrogen and oxygen atoms in total. The molecule has 1 atom stereocenters. The van der Waals surface area contributed by atoms with Gasteiger partial charge in [-0.3, -0.25) is 0 Å². The third-order valence-electron chi connectivity index (χ3n) is 1.59. The van der Waals surface area contributed by atoms with Crippen molar-refractivity contribution in [3.63, 3.8) is 0 Å². The van der Waals surface area contributed by atoms with Gasteiger partial charge < -0.3 is 9.84 Å². The van der Waals surface area contributed by atoms with Crippen LogP contribution >= 0.6 is 15.9 Å². The molecule has 0 aliphatic heterocycles. The molecule has 0 spiro atoms. The highest BCUT2D eigenvalue weighted by Gasteiger charge is 2.08. The van der Waals surface area contributed by atoms with Gasteiger partial charge in [0.25, 0.3) is 0 Å². The summed E-state index contributed by atoms with van der Waals surface area (Å²) in [6.45, 7) is 0.0129. The van der Waals surface area contributed by atoms with Gasteiger partial charge in [-0.25, -0.2) is 4.79 Å². The average Bonchev–Trinajstić information content (AvgIpc) is 2.26. The zero-order chi connectivity index (χ0) is 10.4. The number of halogens is 1. The van der Waals surface area contributed by atoms with Crippen LogP contribution in [0.2, 0.25) is 0 Å². The Morgan fingerprint density at radius 3 is 2.64 bits per heavy atom. The van der Waals surface area contributed by atoms with Gasteiger partial charge in [-0.05, 0) is 12.1 Å². The Hall–Kier alpha value is -0.870. The summed E-state index contributed by atoms with van der Waals surface area (Å²) in [5.41, 5.74) is 0.495. The van der Waals surface area contributed by atoms with Crippen LogP contribution in [-0.4, -0.2) is 29.1 Å². The fourth-order valence-electron chi connectivity index (χ4n) is 0.874. The van der Waals surface area contributed by atoms with E-state index in [1.807, 2.05) is 6.07 Å². The molecule has 1 N–H and O–H groups in total. The number of esters is 1. The number of rotatable bonds is 4. The molecule has 0 fully saturated rings. The second-order valence-electron chi connectivity index (χ2n) is 2.77. The monoisotopic (exact) mass is 258 g/mol. The zero-order valence-electron chi connectivity index (χ0n) is 7.52. The smallest absolute Gasteiger partial charge is 0.338 e. The molecule has 76 valence electrons. The Morgan fingerprint density at radius 1 is 1.43 bits per heavy atom. The average molecular weight is 259 g/mol. The van der Waals surface area contributed by atoms with Crippen LogP contribution in [0.25, 0.3) is 0 Å². The fourth-order valence-corrected chi connectivity index (χ4v) is 1.06. The number of carbonyl (C=O) groups excluding carboxylic acids is 1. The maximum absolute atomic E-state index is 11.3. The normalized spacial score (nSPS) is 12.1. The maximum atomic E-state index is 11.3. The summed E-state index contributed by atoms with van der Waals surface area (Å²) in [6, 6.07) is 8.69. The molecule has 0 saturated heterocycles. The number of alkyl halides is 1. The predicted octanol–water partition coefficient (Wildman–Crippen LogP) is 1.60. The van der Waals surface area contributed by atoms with Gasteiger partial charge in [-0.1, -0.05) is 34.1 Å². The first-order chi connectivity index (χ1) is 6.74. The van der Waals surface area contributed by atoms with Crippen LogP contribution in [0.4, 0.5) is 0 Å². The van der Waals surface area contributed by atoms with Crippen molar-refractivity contribution in [1.29, 1.82) is 0 Å².